The molecule has 0 aliphatic heterocycles. The maximum atomic E-state index is 9.55. The number of carboxylic acid groups (broad SMARTS) is 2. The van der Waals surface area contributed by atoms with E-state index in [9.17, 15) is 9.59 Å². The minimum Gasteiger partial charge on any atom is -0.478 e. The fraction of sp³-hybridized carbons (Fsp3) is 0.550. The van der Waals surface area contributed by atoms with Crippen molar-refractivity contribution in [3.63, 3.8) is 0 Å². The third-order valence-electron chi connectivity index (χ3n) is 4.08. The van der Waals surface area contributed by atoms with E-state index in [4.69, 9.17) is 14.9 Å². The zero-order valence-corrected chi connectivity index (χ0v) is 16.7. The lowest BCUT2D eigenvalue weighted by atomic mass is 9.83. The van der Waals surface area contributed by atoms with E-state index in [0.717, 1.165) is 25.6 Å². The van der Waals surface area contributed by atoms with Crippen LogP contribution < -0.4 is 0 Å². The molecule has 0 aromatic carbocycles. The number of carbonyl (C=O) groups is 2. The van der Waals surface area contributed by atoms with Crippen molar-refractivity contribution in [3.05, 3.63) is 41.5 Å². The van der Waals surface area contributed by atoms with Gasteiger partial charge in [-0.25, -0.2) is 14.6 Å². The summed E-state index contributed by atoms with van der Waals surface area (Å²) in [5.41, 5.74) is 4.41. The first-order chi connectivity index (χ1) is 12.8. The molecule has 1 aromatic heterocycles. The summed E-state index contributed by atoms with van der Waals surface area (Å²) in [6, 6.07) is 0. The number of aromatic amines is 1. The van der Waals surface area contributed by atoms with E-state index in [0.29, 0.717) is 12.2 Å². The Morgan fingerprint density at radius 3 is 2.15 bits per heavy atom. The lowest BCUT2D eigenvalue weighted by Gasteiger charge is -2.23. The van der Waals surface area contributed by atoms with Crippen LogP contribution >= 0.6 is 0 Å². The van der Waals surface area contributed by atoms with Crippen LogP contribution in [0.5, 0.6) is 0 Å². The topological polar surface area (TPSA) is 113 Å². The molecule has 3 N–H and O–H groups in total. The minimum atomic E-state index is -1.26. The highest BCUT2D eigenvalue weighted by Gasteiger charge is 2.17. The Balaban J connectivity index is 0.000000443. The van der Waals surface area contributed by atoms with Gasteiger partial charge in [0.15, 0.2) is 0 Å². The van der Waals surface area contributed by atoms with Gasteiger partial charge in [-0.2, -0.15) is 0 Å². The van der Waals surface area contributed by atoms with Crippen molar-refractivity contribution in [3.8, 4) is 0 Å². The van der Waals surface area contributed by atoms with Crippen molar-refractivity contribution < 1.29 is 24.5 Å². The Hall–Kier alpha value is -2.41. The van der Waals surface area contributed by atoms with Crippen LogP contribution in [0.1, 0.15) is 52.7 Å². The summed E-state index contributed by atoms with van der Waals surface area (Å²) in [6.45, 7) is 10.2. The van der Waals surface area contributed by atoms with Gasteiger partial charge in [0.25, 0.3) is 0 Å². The quantitative estimate of drug-likeness (QED) is 0.510. The van der Waals surface area contributed by atoms with Crippen molar-refractivity contribution in [2.75, 3.05) is 13.2 Å². The van der Waals surface area contributed by atoms with E-state index in [2.05, 4.69) is 23.8 Å². The second-order valence-corrected chi connectivity index (χ2v) is 6.23. The van der Waals surface area contributed by atoms with Gasteiger partial charge in [0.05, 0.1) is 12.0 Å². The molecule has 27 heavy (non-hydrogen) atoms. The van der Waals surface area contributed by atoms with Gasteiger partial charge < -0.3 is 19.9 Å². The van der Waals surface area contributed by atoms with Crippen LogP contribution in [0.25, 0.3) is 0 Å². The number of aliphatic carboxylic acids is 2. The van der Waals surface area contributed by atoms with E-state index in [1.165, 1.54) is 25.0 Å². The number of rotatable bonds is 6. The third kappa shape index (κ3) is 13.5. The second kappa shape index (κ2) is 14.7. The van der Waals surface area contributed by atoms with Gasteiger partial charge >= 0.3 is 11.9 Å². The van der Waals surface area contributed by atoms with Crippen LogP contribution in [0.15, 0.2) is 35.8 Å². The van der Waals surface area contributed by atoms with Crippen LogP contribution in [0.2, 0.25) is 0 Å². The molecule has 7 nitrogen and oxygen atoms in total. The average Bonchev–Trinajstić information content (AvgIpc) is 3.11. The van der Waals surface area contributed by atoms with Crippen molar-refractivity contribution >= 4 is 11.9 Å². The number of nitrogens with zero attached hydrogens (tertiary/aromatic N) is 1. The van der Waals surface area contributed by atoms with Gasteiger partial charge in [0.1, 0.15) is 0 Å². The molecule has 7 heteroatoms. The molecule has 152 valence electrons. The Bertz CT molecular complexity index is 588. The van der Waals surface area contributed by atoms with Gasteiger partial charge in [0.2, 0.25) is 0 Å². The van der Waals surface area contributed by atoms with Crippen LogP contribution in [0.4, 0.5) is 0 Å². The zero-order chi connectivity index (χ0) is 20.7. The molecule has 1 aromatic rings. The van der Waals surface area contributed by atoms with Crippen LogP contribution in [-0.2, 0) is 20.7 Å². The molecule has 1 aliphatic rings. The molecule has 0 spiro atoms. The van der Waals surface area contributed by atoms with Crippen LogP contribution in [-0.4, -0.2) is 45.3 Å². The largest absolute Gasteiger partial charge is 0.478 e. The lowest BCUT2D eigenvalue weighted by Crippen LogP contribution is -2.11. The standard InChI is InChI=1S/C12H18N2.C4H4O4.C4H10O/c1-9-3-4-11(5-10(9)2)6-12-7-13-8-14-12;5-3(6)1-2-4(7)8;1-3-5-4-2/h7-8,11H,3-6H2,1-2H3,(H,13,14);1-2H,(H,5,6)(H,7,8);3-4H2,1-2H3/b;2-1+;. The minimum absolute atomic E-state index is 0.558. The number of imidazole rings is 1. The molecule has 0 bridgehead atoms. The fourth-order valence-electron chi connectivity index (χ4n) is 2.56. The molecular formula is C20H32N2O5. The highest BCUT2D eigenvalue weighted by molar-refractivity contribution is 5.89. The maximum absolute atomic E-state index is 9.55. The van der Waals surface area contributed by atoms with E-state index < -0.39 is 11.9 Å². The van der Waals surface area contributed by atoms with Crippen molar-refractivity contribution in [1.82, 2.24) is 9.97 Å². The number of carboxylic acids is 2. The average molecular weight is 380 g/mol. The molecule has 0 fully saturated rings. The number of ether oxygens (including phenoxy) is 1. The molecule has 0 amide bonds. The van der Waals surface area contributed by atoms with Gasteiger partial charge in [-0.3, -0.25) is 0 Å². The molecule has 2 rings (SSSR count). The first-order valence-electron chi connectivity index (χ1n) is 9.14. The number of allylic oxidation sites excluding steroid dienone is 2. The molecule has 1 aliphatic carbocycles. The monoisotopic (exact) mass is 380 g/mol. The molecule has 1 unspecified atom stereocenters. The predicted molar refractivity (Wildman–Crippen MR) is 105 cm³/mol. The summed E-state index contributed by atoms with van der Waals surface area (Å²) >= 11 is 0. The summed E-state index contributed by atoms with van der Waals surface area (Å²) in [5.74, 6) is -1.71. The summed E-state index contributed by atoms with van der Waals surface area (Å²) in [5, 5.41) is 15.6. The number of hydrogen-bond donors (Lipinski definition) is 3. The third-order valence-corrected chi connectivity index (χ3v) is 4.08. The Kier molecular flexibility index (Phi) is 13.4. The normalized spacial score (nSPS) is 16.2. The fourth-order valence-corrected chi connectivity index (χ4v) is 2.56. The first-order valence-corrected chi connectivity index (χ1v) is 9.14. The Morgan fingerprint density at radius 1 is 1.19 bits per heavy atom. The number of hydrogen-bond acceptors (Lipinski definition) is 4. The highest BCUT2D eigenvalue weighted by Crippen LogP contribution is 2.30. The van der Waals surface area contributed by atoms with E-state index in [1.54, 1.807) is 17.5 Å². The Labute approximate surface area is 161 Å². The van der Waals surface area contributed by atoms with E-state index in [-0.39, 0.29) is 0 Å². The second-order valence-electron chi connectivity index (χ2n) is 6.23. The molecule has 0 radical (unpaired) electrons. The first kappa shape index (κ1) is 24.6. The van der Waals surface area contributed by atoms with E-state index in [1.807, 2.05) is 20.0 Å². The summed E-state index contributed by atoms with van der Waals surface area (Å²) in [7, 11) is 0. The zero-order valence-electron chi connectivity index (χ0n) is 16.7. The van der Waals surface area contributed by atoms with Gasteiger partial charge in [-0.15, -0.1) is 0 Å². The smallest absolute Gasteiger partial charge is 0.328 e. The molecule has 1 atom stereocenters. The van der Waals surface area contributed by atoms with Crippen molar-refractivity contribution in [2.45, 2.75) is 53.4 Å². The Morgan fingerprint density at radius 2 is 1.78 bits per heavy atom. The van der Waals surface area contributed by atoms with Crippen LogP contribution in [0, 0.1) is 5.92 Å². The number of H-pyrrole nitrogens is 1. The molecular weight excluding hydrogens is 348 g/mol. The SMILES string of the molecule is CC1=C(C)CC(Cc2c[nH]cn2)CC1.CCOCC.O=C(O)/C=C/C(=O)O. The lowest BCUT2D eigenvalue weighted by molar-refractivity contribution is -0.134. The van der Waals surface area contributed by atoms with Gasteiger partial charge in [0, 0.05) is 31.6 Å². The van der Waals surface area contributed by atoms with E-state index >= 15 is 0 Å². The molecule has 0 saturated carbocycles. The molecule has 0 saturated heterocycles. The van der Waals surface area contributed by atoms with Crippen LogP contribution in [0.3, 0.4) is 0 Å². The van der Waals surface area contributed by atoms with Crippen molar-refractivity contribution in [1.29, 1.82) is 0 Å². The number of aromatic nitrogens is 2. The van der Waals surface area contributed by atoms with Gasteiger partial charge in [-0.05, 0) is 59.3 Å². The molecule has 1 heterocycles. The van der Waals surface area contributed by atoms with Crippen molar-refractivity contribution in [2.24, 2.45) is 5.92 Å². The number of nitrogens with one attached hydrogen (secondary N) is 1. The maximum Gasteiger partial charge on any atom is 0.328 e. The predicted octanol–water partition coefficient (Wildman–Crippen LogP) is 3.84. The summed E-state index contributed by atoms with van der Waals surface area (Å²) in [4.78, 5) is 26.4. The van der Waals surface area contributed by atoms with Gasteiger partial charge in [-0.1, -0.05) is 11.1 Å². The summed E-state index contributed by atoms with van der Waals surface area (Å²) in [6.07, 6.45) is 9.90. The summed E-state index contributed by atoms with van der Waals surface area (Å²) < 4.78 is 4.83. The highest BCUT2D eigenvalue weighted by atomic mass is 16.5.